The number of hydrogen-bond acceptors (Lipinski definition) is 7. The minimum atomic E-state index is -2.93. The van der Waals surface area contributed by atoms with Gasteiger partial charge in [0.05, 0.1) is 28.6 Å². The number of ether oxygens (including phenoxy) is 2. The molecule has 270 valence electrons. The van der Waals surface area contributed by atoms with Crippen LogP contribution >= 0.6 is 11.6 Å². The van der Waals surface area contributed by atoms with Gasteiger partial charge in [-0.3, -0.25) is 14.4 Å². The molecule has 8 nitrogen and oxygen atoms in total. The summed E-state index contributed by atoms with van der Waals surface area (Å²) in [6.45, 7) is 11.0. The SMILES string of the molecule is C=S1(=O)NC(=O)c2ccc3c(c2)N(C[C@@H]2CC[C@H]2[C@]2(/C=C/C[C@H](C)[C@H]1C)CN1CCN(C)C[C@H]1CO2)C[C@@]1(CCCc2cc(Cl)ccc21)CO3. The smallest absolute Gasteiger partial charge is 0.262 e. The number of hydrogen-bond donors (Lipinski definition) is 1. The van der Waals surface area contributed by atoms with Gasteiger partial charge >= 0.3 is 0 Å². The number of rotatable bonds is 0. The standard InChI is InChI=1S/C40H53ClN4O4S/c1-27-7-5-16-40(25-44-18-17-43(3)22-33(44)23-49-40)35-12-9-31(35)21-45-24-39(15-6-8-29-19-32(41)11-13-34(29)39)26-48-37-14-10-30(20-36(37)45)38(46)42-50(4,47)28(27)2/h5,10-11,13-14,16,19-20,27-28,31,33,35H,4,6-9,12,15,17-18,21-26H2,1-3H3,(H,42,46,47)/b16-5+/t27-,28+,31-,33-,35+,39-,40-,50?/m0/s1. The average Bonchev–Trinajstić information content (AvgIpc) is 3.22. The molecule has 50 heavy (non-hydrogen) atoms. The number of allylic oxidation sites excluding steroid dienone is 1. The highest BCUT2D eigenvalue weighted by molar-refractivity contribution is 7.99. The van der Waals surface area contributed by atoms with E-state index in [-0.39, 0.29) is 28.1 Å². The fourth-order valence-corrected chi connectivity index (χ4v) is 11.5. The monoisotopic (exact) mass is 720 g/mol. The van der Waals surface area contributed by atoms with Crippen molar-refractivity contribution in [3.05, 3.63) is 70.3 Å². The molecule has 2 spiro atoms. The molecule has 1 saturated carbocycles. The molecule has 2 aromatic carbocycles. The van der Waals surface area contributed by atoms with Crippen LogP contribution in [-0.4, -0.2) is 102 Å². The Hall–Kier alpha value is -2.56. The van der Waals surface area contributed by atoms with E-state index in [1.165, 1.54) is 11.1 Å². The highest BCUT2D eigenvalue weighted by atomic mass is 35.5. The third-order valence-electron chi connectivity index (χ3n) is 13.2. The lowest BCUT2D eigenvalue weighted by atomic mass is 9.63. The first kappa shape index (κ1) is 34.5. The van der Waals surface area contributed by atoms with E-state index in [9.17, 15) is 9.00 Å². The number of fused-ring (bicyclic) bond motifs is 6. The molecule has 2 bridgehead atoms. The van der Waals surface area contributed by atoms with Crippen molar-refractivity contribution in [3.63, 3.8) is 0 Å². The van der Waals surface area contributed by atoms with Crippen molar-refractivity contribution in [1.82, 2.24) is 14.5 Å². The lowest BCUT2D eigenvalue weighted by Crippen LogP contribution is -2.66. The molecule has 3 fully saturated rings. The van der Waals surface area contributed by atoms with E-state index in [2.05, 4.69) is 63.5 Å². The van der Waals surface area contributed by atoms with Gasteiger partial charge in [0.2, 0.25) is 0 Å². The van der Waals surface area contributed by atoms with Crippen molar-refractivity contribution < 1.29 is 18.5 Å². The fraction of sp³-hybridized carbons (Fsp3) is 0.600. The summed E-state index contributed by atoms with van der Waals surface area (Å²) in [6, 6.07) is 12.5. The maximum atomic E-state index is 14.0. The van der Waals surface area contributed by atoms with Crippen molar-refractivity contribution >= 4 is 38.8 Å². The maximum Gasteiger partial charge on any atom is 0.262 e. The van der Waals surface area contributed by atoms with Crippen molar-refractivity contribution in [3.8, 4) is 5.75 Å². The lowest BCUT2D eigenvalue weighted by Gasteiger charge is -2.56. The molecule has 8 rings (SSSR count). The molecule has 4 heterocycles. The Balaban J connectivity index is 1.21. The summed E-state index contributed by atoms with van der Waals surface area (Å²) >= 11 is 6.51. The van der Waals surface area contributed by atoms with Crippen LogP contribution in [0.1, 0.15) is 67.4 Å². The van der Waals surface area contributed by atoms with Crippen LogP contribution in [-0.2, 0) is 26.3 Å². The number of amides is 1. The van der Waals surface area contributed by atoms with Gasteiger partial charge in [-0.2, -0.15) is 0 Å². The number of carbonyl (C=O) groups excluding carboxylic acids is 1. The van der Waals surface area contributed by atoms with Gasteiger partial charge in [0.15, 0.2) is 0 Å². The number of anilines is 1. The summed E-state index contributed by atoms with van der Waals surface area (Å²) < 4.78 is 30.7. The third-order valence-corrected chi connectivity index (χ3v) is 15.6. The number of benzene rings is 2. The third kappa shape index (κ3) is 6.19. The molecule has 1 amide bonds. The second-order valence-electron chi connectivity index (χ2n) is 16.4. The van der Waals surface area contributed by atoms with Crippen molar-refractivity contribution in [2.75, 3.05) is 64.4 Å². The van der Waals surface area contributed by atoms with E-state index < -0.39 is 9.71 Å². The number of nitrogens with one attached hydrogen (secondary N) is 1. The van der Waals surface area contributed by atoms with E-state index in [1.807, 2.05) is 25.1 Å². The van der Waals surface area contributed by atoms with Crippen LogP contribution in [0.2, 0.25) is 5.02 Å². The molecule has 10 heteroatoms. The van der Waals surface area contributed by atoms with Crippen LogP contribution in [0.4, 0.5) is 5.69 Å². The number of morpholine rings is 1. The summed E-state index contributed by atoms with van der Waals surface area (Å²) in [5.74, 6) is 5.34. The Bertz CT molecular complexity index is 1780. The van der Waals surface area contributed by atoms with Gasteiger partial charge < -0.3 is 19.3 Å². The number of likely N-dealkylation sites (N-methyl/N-ethyl adjacent to an activating group) is 1. The molecule has 8 atom stereocenters. The molecule has 2 aromatic rings. The summed E-state index contributed by atoms with van der Waals surface area (Å²) in [4.78, 5) is 21.4. The number of halogens is 1. The highest BCUT2D eigenvalue weighted by Crippen LogP contribution is 2.50. The summed E-state index contributed by atoms with van der Waals surface area (Å²) in [7, 11) is -0.723. The first-order chi connectivity index (χ1) is 24.0. The Morgan fingerprint density at radius 3 is 2.76 bits per heavy atom. The second kappa shape index (κ2) is 13.1. The number of piperazine rings is 1. The molecular formula is C40H53ClN4O4S. The molecule has 1 N–H and O–H groups in total. The van der Waals surface area contributed by atoms with Crippen LogP contribution < -0.4 is 14.4 Å². The van der Waals surface area contributed by atoms with Gasteiger partial charge in [0.1, 0.15) is 11.4 Å². The normalized spacial score (nSPS) is 38.5. The van der Waals surface area contributed by atoms with Crippen LogP contribution in [0.5, 0.6) is 5.75 Å². The zero-order valence-corrected chi connectivity index (χ0v) is 31.4. The minimum Gasteiger partial charge on any atom is -0.490 e. The lowest BCUT2D eigenvalue weighted by molar-refractivity contribution is -0.173. The van der Waals surface area contributed by atoms with Gasteiger partial charge in [0.25, 0.3) is 5.91 Å². The molecule has 1 unspecified atom stereocenters. The van der Waals surface area contributed by atoms with Crippen molar-refractivity contribution in [1.29, 1.82) is 0 Å². The van der Waals surface area contributed by atoms with Gasteiger partial charge in [-0.05, 0) is 118 Å². The maximum absolute atomic E-state index is 14.0. The van der Waals surface area contributed by atoms with Crippen molar-refractivity contribution in [2.24, 2.45) is 17.8 Å². The largest absolute Gasteiger partial charge is 0.490 e. The second-order valence-corrected chi connectivity index (χ2v) is 19.2. The fourth-order valence-electron chi connectivity index (χ4n) is 9.80. The van der Waals surface area contributed by atoms with Crippen LogP contribution in [0.3, 0.4) is 0 Å². The first-order valence-electron chi connectivity index (χ1n) is 18.7. The highest BCUT2D eigenvalue weighted by Gasteiger charge is 2.52. The van der Waals surface area contributed by atoms with Gasteiger partial charge in [-0.25, -0.2) is 4.21 Å². The molecule has 6 aliphatic rings. The zero-order chi connectivity index (χ0) is 34.8. The molecule has 0 radical (unpaired) electrons. The first-order valence-corrected chi connectivity index (χ1v) is 20.9. The number of carbonyl (C=O) groups is 1. The van der Waals surface area contributed by atoms with Crippen LogP contribution in [0.15, 0.2) is 48.6 Å². The van der Waals surface area contributed by atoms with Gasteiger partial charge in [-0.15, -0.1) is 0 Å². The Morgan fingerprint density at radius 1 is 1.08 bits per heavy atom. The minimum absolute atomic E-state index is 0.0547. The molecule has 2 saturated heterocycles. The predicted octanol–water partition coefficient (Wildman–Crippen LogP) is 5.57. The summed E-state index contributed by atoms with van der Waals surface area (Å²) in [5.41, 5.74) is 3.45. The molecule has 2 aliphatic carbocycles. The molecule has 0 aromatic heterocycles. The topological polar surface area (TPSA) is 74.4 Å². The van der Waals surface area contributed by atoms with Crippen LogP contribution in [0, 0.1) is 17.8 Å². The predicted molar refractivity (Wildman–Crippen MR) is 203 cm³/mol. The quantitative estimate of drug-likeness (QED) is 0.282. The zero-order valence-electron chi connectivity index (χ0n) is 29.9. The Labute approximate surface area is 303 Å². The molecular weight excluding hydrogens is 668 g/mol. The van der Waals surface area contributed by atoms with E-state index in [4.69, 9.17) is 21.1 Å². The summed E-state index contributed by atoms with van der Waals surface area (Å²) in [6.07, 6.45) is 10.8. The van der Waals surface area contributed by atoms with E-state index in [0.29, 0.717) is 30.0 Å². The van der Waals surface area contributed by atoms with E-state index in [1.54, 1.807) is 6.07 Å². The number of nitrogens with zero attached hydrogens (tertiary/aromatic N) is 3. The number of aryl methyl sites for hydroxylation is 1. The van der Waals surface area contributed by atoms with E-state index in [0.717, 1.165) is 101 Å². The Kier molecular flexibility index (Phi) is 9.07. The summed E-state index contributed by atoms with van der Waals surface area (Å²) in [5, 5.41) is 0.460. The van der Waals surface area contributed by atoms with Crippen molar-refractivity contribution in [2.45, 2.75) is 74.7 Å². The van der Waals surface area contributed by atoms with E-state index >= 15 is 0 Å². The molecule has 4 aliphatic heterocycles. The van der Waals surface area contributed by atoms with Crippen LogP contribution in [0.25, 0.3) is 0 Å². The van der Waals surface area contributed by atoms with Gasteiger partial charge in [-0.1, -0.05) is 36.7 Å². The Morgan fingerprint density at radius 2 is 1.94 bits per heavy atom. The van der Waals surface area contributed by atoms with Gasteiger partial charge in [0, 0.05) is 66.6 Å². The average molecular weight is 721 g/mol.